The van der Waals surface area contributed by atoms with Crippen LogP contribution in [-0.4, -0.2) is 17.8 Å². The number of halogens is 4. The summed E-state index contributed by atoms with van der Waals surface area (Å²) < 4.78 is 41.1. The van der Waals surface area contributed by atoms with Crippen molar-refractivity contribution in [1.29, 1.82) is 0 Å². The molecule has 1 nitrogen and oxygen atoms in total. The van der Waals surface area contributed by atoms with Crippen LogP contribution in [0, 0.1) is 5.41 Å². The fourth-order valence-electron chi connectivity index (χ4n) is 0.376. The molecule has 0 fully saturated rings. The molecule has 0 aromatic rings. The molecular weight excluding hydrogens is 237 g/mol. The minimum atomic E-state index is -3.74. The van der Waals surface area contributed by atoms with Gasteiger partial charge in [0.1, 0.15) is 0 Å². The van der Waals surface area contributed by atoms with E-state index in [0.717, 1.165) is 0 Å². The first kappa shape index (κ1) is 12.2. The molecule has 0 aliphatic heterocycles. The molecule has 0 amide bonds. The number of hydrogen-bond donors (Lipinski definition) is 0. The minimum Gasteiger partial charge on any atom is -0.317 e. The third-order valence-corrected chi connectivity index (χ3v) is 1.48. The summed E-state index contributed by atoms with van der Waals surface area (Å²) in [6.45, 7) is 4.99. The van der Waals surface area contributed by atoms with Crippen LogP contribution in [0.1, 0.15) is 20.8 Å². The maximum Gasteiger partial charge on any atom is 0.396 e. The molecular formula is C7H12BrF3O. The Balaban J connectivity index is 3.93. The molecule has 0 saturated carbocycles. The second kappa shape index (κ2) is 3.96. The summed E-state index contributed by atoms with van der Waals surface area (Å²) in [7, 11) is 0. The Morgan fingerprint density at radius 3 is 2.00 bits per heavy atom. The molecule has 0 aromatic heterocycles. The highest BCUT2D eigenvalue weighted by molar-refractivity contribution is 9.09. The Kier molecular flexibility index (Phi) is 4.03. The van der Waals surface area contributed by atoms with Gasteiger partial charge in [-0.15, -0.1) is 0 Å². The van der Waals surface area contributed by atoms with Crippen molar-refractivity contribution in [3.05, 3.63) is 0 Å². The van der Waals surface area contributed by atoms with E-state index in [-0.39, 0.29) is 6.61 Å². The number of hydrogen-bond acceptors (Lipinski definition) is 1. The maximum atomic E-state index is 12.4. The lowest BCUT2D eigenvalue weighted by atomic mass is 9.99. The van der Waals surface area contributed by atoms with Crippen molar-refractivity contribution in [3.8, 4) is 0 Å². The van der Waals surface area contributed by atoms with Gasteiger partial charge in [0.25, 0.3) is 0 Å². The molecule has 0 aromatic carbocycles. The van der Waals surface area contributed by atoms with Crippen LogP contribution < -0.4 is 0 Å². The molecule has 1 atom stereocenters. The monoisotopic (exact) mass is 248 g/mol. The van der Waals surface area contributed by atoms with Gasteiger partial charge in [0, 0.05) is 0 Å². The van der Waals surface area contributed by atoms with E-state index >= 15 is 0 Å². The molecule has 74 valence electrons. The van der Waals surface area contributed by atoms with Gasteiger partial charge >= 0.3 is 6.11 Å². The Hall–Kier alpha value is 0.230. The quantitative estimate of drug-likeness (QED) is 0.697. The van der Waals surface area contributed by atoms with Crippen molar-refractivity contribution in [2.45, 2.75) is 32.0 Å². The van der Waals surface area contributed by atoms with Crippen molar-refractivity contribution in [2.24, 2.45) is 5.41 Å². The summed E-state index contributed by atoms with van der Waals surface area (Å²) in [6, 6.07) is 0. The smallest absolute Gasteiger partial charge is 0.317 e. The zero-order valence-electron chi connectivity index (χ0n) is 7.20. The highest BCUT2D eigenvalue weighted by Gasteiger charge is 2.40. The van der Waals surface area contributed by atoms with Gasteiger partial charge in [0.05, 0.1) is 6.61 Å². The molecule has 0 radical (unpaired) electrons. The molecule has 0 rings (SSSR count). The van der Waals surface area contributed by atoms with E-state index in [1.54, 1.807) is 20.8 Å². The van der Waals surface area contributed by atoms with Crippen LogP contribution in [0.15, 0.2) is 0 Å². The Morgan fingerprint density at radius 1 is 1.33 bits per heavy atom. The largest absolute Gasteiger partial charge is 0.396 e. The van der Waals surface area contributed by atoms with Gasteiger partial charge in [-0.25, -0.2) is 4.39 Å². The fraction of sp³-hybridized carbons (Fsp3) is 1.00. The summed E-state index contributed by atoms with van der Waals surface area (Å²) in [5, 5.41) is -2.45. The molecule has 0 bridgehead atoms. The first-order chi connectivity index (χ1) is 5.15. The van der Waals surface area contributed by atoms with E-state index in [4.69, 9.17) is 0 Å². The second-order valence-corrected chi connectivity index (χ2v) is 4.52. The summed E-state index contributed by atoms with van der Waals surface area (Å²) >= 11 is 2.12. The molecule has 0 N–H and O–H groups in total. The number of ether oxygens (including phenoxy) is 1. The van der Waals surface area contributed by atoms with Gasteiger partial charge in [-0.1, -0.05) is 20.8 Å². The summed E-state index contributed by atoms with van der Waals surface area (Å²) in [5.74, 6) is 0. The van der Waals surface area contributed by atoms with Crippen molar-refractivity contribution >= 4 is 15.9 Å². The van der Waals surface area contributed by atoms with Gasteiger partial charge in [0.2, 0.25) is 5.08 Å². The van der Waals surface area contributed by atoms with Crippen LogP contribution in [0.25, 0.3) is 0 Å². The van der Waals surface area contributed by atoms with E-state index in [9.17, 15) is 13.2 Å². The van der Waals surface area contributed by atoms with Gasteiger partial charge in [-0.05, 0) is 21.3 Å². The standard InChI is InChI=1S/C7H12BrF3O/c1-6(2,3)4-12-7(10,11)5(8)9/h5H,4H2,1-3H3. The lowest BCUT2D eigenvalue weighted by Crippen LogP contribution is -2.32. The van der Waals surface area contributed by atoms with Crippen LogP contribution >= 0.6 is 15.9 Å². The Labute approximate surface area is 78.4 Å². The highest BCUT2D eigenvalue weighted by Crippen LogP contribution is 2.29. The average molecular weight is 249 g/mol. The topological polar surface area (TPSA) is 9.23 Å². The summed E-state index contributed by atoms with van der Waals surface area (Å²) in [4.78, 5) is 0. The lowest BCUT2D eigenvalue weighted by Gasteiger charge is -2.23. The highest BCUT2D eigenvalue weighted by atomic mass is 79.9. The zero-order valence-corrected chi connectivity index (χ0v) is 8.79. The normalized spacial score (nSPS) is 16.2. The van der Waals surface area contributed by atoms with Crippen molar-refractivity contribution in [1.82, 2.24) is 0 Å². The van der Waals surface area contributed by atoms with E-state index in [0.29, 0.717) is 0 Å². The molecule has 12 heavy (non-hydrogen) atoms. The number of alkyl halides is 4. The van der Waals surface area contributed by atoms with E-state index in [1.807, 2.05) is 0 Å². The van der Waals surface area contributed by atoms with E-state index in [2.05, 4.69) is 20.7 Å². The Morgan fingerprint density at radius 2 is 1.75 bits per heavy atom. The van der Waals surface area contributed by atoms with Crippen molar-refractivity contribution in [2.75, 3.05) is 6.61 Å². The zero-order chi connectivity index (χ0) is 9.99. The number of rotatable bonds is 3. The van der Waals surface area contributed by atoms with Crippen LogP contribution in [0.2, 0.25) is 0 Å². The van der Waals surface area contributed by atoms with Crippen molar-refractivity contribution in [3.63, 3.8) is 0 Å². The third-order valence-electron chi connectivity index (χ3n) is 0.952. The molecule has 0 aliphatic carbocycles. The SMILES string of the molecule is CC(C)(C)COC(F)(F)C(F)Br. The van der Waals surface area contributed by atoms with Gasteiger partial charge < -0.3 is 4.74 Å². The third kappa shape index (κ3) is 4.98. The minimum absolute atomic E-state index is 0.188. The summed E-state index contributed by atoms with van der Waals surface area (Å²) in [6.07, 6.45) is -3.74. The fourth-order valence-corrected chi connectivity index (χ4v) is 0.508. The van der Waals surface area contributed by atoms with Crippen molar-refractivity contribution < 1.29 is 17.9 Å². The average Bonchev–Trinajstić information content (AvgIpc) is 1.82. The molecule has 0 saturated heterocycles. The van der Waals surface area contributed by atoms with E-state index < -0.39 is 16.6 Å². The van der Waals surface area contributed by atoms with E-state index in [1.165, 1.54) is 0 Å². The molecule has 0 heterocycles. The van der Waals surface area contributed by atoms with Gasteiger partial charge in [-0.3, -0.25) is 0 Å². The first-order valence-corrected chi connectivity index (χ1v) is 4.37. The molecule has 0 aliphatic rings. The Bertz CT molecular complexity index is 142. The maximum absolute atomic E-state index is 12.4. The van der Waals surface area contributed by atoms with Crippen LogP contribution in [-0.2, 0) is 4.74 Å². The predicted octanol–water partition coefficient (Wildman–Crippen LogP) is 3.33. The summed E-state index contributed by atoms with van der Waals surface area (Å²) in [5.41, 5.74) is -0.398. The van der Waals surface area contributed by atoms with Crippen LogP contribution in [0.5, 0.6) is 0 Å². The van der Waals surface area contributed by atoms with Crippen LogP contribution in [0.3, 0.4) is 0 Å². The first-order valence-electron chi connectivity index (χ1n) is 3.45. The van der Waals surface area contributed by atoms with Gasteiger partial charge in [0.15, 0.2) is 0 Å². The molecule has 0 spiro atoms. The molecule has 5 heteroatoms. The second-order valence-electron chi connectivity index (χ2n) is 3.71. The van der Waals surface area contributed by atoms with Gasteiger partial charge in [-0.2, -0.15) is 8.78 Å². The lowest BCUT2D eigenvalue weighted by molar-refractivity contribution is -0.263. The molecule has 1 unspecified atom stereocenters. The van der Waals surface area contributed by atoms with Crippen LogP contribution in [0.4, 0.5) is 13.2 Å². The predicted molar refractivity (Wildman–Crippen MR) is 44.2 cm³/mol.